The number of carbonyl (C=O) groups is 2. The zero-order valence-corrected chi connectivity index (χ0v) is 15.7. The molecule has 0 saturated carbocycles. The van der Waals surface area contributed by atoms with E-state index in [0.29, 0.717) is 6.42 Å². The van der Waals surface area contributed by atoms with Crippen LogP contribution in [0.2, 0.25) is 10.0 Å². The molecule has 0 saturated heterocycles. The molecular formula is C16H15Cl2N3O4S. The van der Waals surface area contributed by atoms with Crippen molar-refractivity contribution in [3.05, 3.63) is 58.1 Å². The van der Waals surface area contributed by atoms with Gasteiger partial charge >= 0.3 is 11.8 Å². The number of sulfonamides is 1. The van der Waals surface area contributed by atoms with Gasteiger partial charge in [0.25, 0.3) is 0 Å². The van der Waals surface area contributed by atoms with Crippen LogP contribution in [0.5, 0.6) is 0 Å². The highest BCUT2D eigenvalue weighted by molar-refractivity contribution is 7.89. The molecule has 2 aromatic rings. The van der Waals surface area contributed by atoms with Gasteiger partial charge in [-0.15, -0.1) is 0 Å². The van der Waals surface area contributed by atoms with Gasteiger partial charge in [0.2, 0.25) is 10.0 Å². The van der Waals surface area contributed by atoms with Crippen molar-refractivity contribution in [2.45, 2.75) is 11.3 Å². The molecule has 0 spiro atoms. The second-order valence-corrected chi connectivity index (χ2v) is 7.60. The number of anilines is 1. The lowest BCUT2D eigenvalue weighted by Gasteiger charge is -2.09. The van der Waals surface area contributed by atoms with E-state index in [4.69, 9.17) is 28.3 Å². The molecule has 0 heterocycles. The van der Waals surface area contributed by atoms with Gasteiger partial charge in [-0.1, -0.05) is 41.4 Å². The van der Waals surface area contributed by atoms with Gasteiger partial charge in [-0.05, 0) is 36.2 Å². The Kier molecular flexibility index (Phi) is 6.60. The summed E-state index contributed by atoms with van der Waals surface area (Å²) in [5.74, 6) is -1.71. The first kappa shape index (κ1) is 20.2. The van der Waals surface area contributed by atoms with Crippen molar-refractivity contribution in [2.24, 2.45) is 5.14 Å². The number of carbonyl (C=O) groups excluding carboxylic acids is 2. The highest BCUT2D eigenvalue weighted by Gasteiger charge is 2.15. The normalized spacial score (nSPS) is 11.0. The van der Waals surface area contributed by atoms with Crippen molar-refractivity contribution in [1.29, 1.82) is 0 Å². The predicted octanol–water partition coefficient (Wildman–Crippen LogP) is 1.94. The van der Waals surface area contributed by atoms with Crippen molar-refractivity contribution in [3.63, 3.8) is 0 Å². The third-order valence-electron chi connectivity index (χ3n) is 3.36. The van der Waals surface area contributed by atoms with Gasteiger partial charge in [-0.2, -0.15) is 0 Å². The van der Waals surface area contributed by atoms with Crippen molar-refractivity contribution in [3.8, 4) is 0 Å². The lowest BCUT2D eigenvalue weighted by atomic mass is 10.1. The average Bonchev–Trinajstić information content (AvgIpc) is 2.58. The molecule has 26 heavy (non-hydrogen) atoms. The lowest BCUT2D eigenvalue weighted by molar-refractivity contribution is -0.136. The molecule has 0 aromatic heterocycles. The molecule has 4 N–H and O–H groups in total. The van der Waals surface area contributed by atoms with Crippen LogP contribution in [-0.4, -0.2) is 26.8 Å². The summed E-state index contributed by atoms with van der Waals surface area (Å²) in [5, 5.41) is 10.3. The highest BCUT2D eigenvalue weighted by atomic mass is 35.5. The minimum atomic E-state index is -3.74. The summed E-state index contributed by atoms with van der Waals surface area (Å²) in [4.78, 5) is 23.7. The van der Waals surface area contributed by atoms with Gasteiger partial charge in [0, 0.05) is 6.54 Å². The maximum absolute atomic E-state index is 11.9. The number of halogens is 2. The van der Waals surface area contributed by atoms with Crippen LogP contribution in [0, 0.1) is 0 Å². The maximum atomic E-state index is 11.9. The summed E-state index contributed by atoms with van der Waals surface area (Å²) in [5.41, 5.74) is 1.01. The van der Waals surface area contributed by atoms with Crippen molar-refractivity contribution >= 4 is 50.7 Å². The first-order valence-electron chi connectivity index (χ1n) is 7.33. The van der Waals surface area contributed by atoms with Crippen LogP contribution < -0.4 is 15.8 Å². The van der Waals surface area contributed by atoms with Crippen LogP contribution in [0.25, 0.3) is 0 Å². The second kappa shape index (κ2) is 8.50. The van der Waals surface area contributed by atoms with Crippen molar-refractivity contribution in [1.82, 2.24) is 5.32 Å². The molecule has 0 aliphatic carbocycles. The summed E-state index contributed by atoms with van der Waals surface area (Å²) in [6.07, 6.45) is 0.405. The van der Waals surface area contributed by atoms with E-state index in [-0.39, 0.29) is 27.2 Å². The van der Waals surface area contributed by atoms with E-state index in [0.717, 1.165) is 5.56 Å². The quantitative estimate of drug-likeness (QED) is 0.646. The monoisotopic (exact) mass is 415 g/mol. The third kappa shape index (κ3) is 5.43. The number of benzene rings is 2. The molecule has 7 nitrogen and oxygen atoms in total. The van der Waals surface area contributed by atoms with E-state index in [1.54, 1.807) is 24.3 Å². The summed E-state index contributed by atoms with van der Waals surface area (Å²) in [6.45, 7) is 0.185. The maximum Gasteiger partial charge on any atom is 0.313 e. The first-order valence-corrected chi connectivity index (χ1v) is 9.63. The van der Waals surface area contributed by atoms with E-state index in [9.17, 15) is 18.0 Å². The smallest absolute Gasteiger partial charge is 0.313 e. The molecule has 0 bridgehead atoms. The second-order valence-electron chi connectivity index (χ2n) is 5.25. The first-order chi connectivity index (χ1) is 12.2. The van der Waals surface area contributed by atoms with Crippen molar-refractivity contribution in [2.75, 3.05) is 11.9 Å². The van der Waals surface area contributed by atoms with Gasteiger partial charge in [-0.25, -0.2) is 13.6 Å². The van der Waals surface area contributed by atoms with E-state index < -0.39 is 21.8 Å². The van der Waals surface area contributed by atoms with Crippen LogP contribution in [0.1, 0.15) is 5.56 Å². The number of amides is 2. The lowest BCUT2D eigenvalue weighted by Crippen LogP contribution is -2.36. The molecule has 0 aliphatic heterocycles. The number of hydrogen-bond acceptors (Lipinski definition) is 4. The zero-order chi connectivity index (χ0) is 19.3. The third-order valence-corrected chi connectivity index (χ3v) is 5.11. The minimum Gasteiger partial charge on any atom is -0.347 e. The van der Waals surface area contributed by atoms with Crippen LogP contribution in [0.15, 0.2) is 47.4 Å². The topological polar surface area (TPSA) is 118 Å². The fourth-order valence-electron chi connectivity index (χ4n) is 2.03. The number of nitrogens with one attached hydrogen (secondary N) is 2. The van der Waals surface area contributed by atoms with E-state index >= 15 is 0 Å². The Morgan fingerprint density at radius 2 is 1.65 bits per heavy atom. The summed E-state index contributed by atoms with van der Waals surface area (Å²) < 4.78 is 22.4. The SMILES string of the molecule is NS(=O)(=O)c1ccc(CCNC(=O)C(=O)Nc2cccc(Cl)c2Cl)cc1. The van der Waals surface area contributed by atoms with Crippen LogP contribution in [0.3, 0.4) is 0 Å². The fraction of sp³-hybridized carbons (Fsp3) is 0.125. The molecule has 138 valence electrons. The fourth-order valence-corrected chi connectivity index (χ4v) is 2.89. The molecule has 0 atom stereocenters. The zero-order valence-electron chi connectivity index (χ0n) is 13.3. The van der Waals surface area contributed by atoms with Crippen molar-refractivity contribution < 1.29 is 18.0 Å². The molecule has 2 amide bonds. The Morgan fingerprint density at radius 3 is 2.27 bits per heavy atom. The molecule has 2 rings (SSSR count). The summed E-state index contributed by atoms with van der Waals surface area (Å²) in [7, 11) is -3.74. The minimum absolute atomic E-state index is 0.00284. The van der Waals surface area contributed by atoms with Gasteiger partial charge in [0.15, 0.2) is 0 Å². The largest absolute Gasteiger partial charge is 0.347 e. The number of hydrogen-bond donors (Lipinski definition) is 3. The number of primary sulfonamides is 1. The molecule has 0 unspecified atom stereocenters. The van der Waals surface area contributed by atoms with Crippen LogP contribution in [0.4, 0.5) is 5.69 Å². The van der Waals surface area contributed by atoms with E-state index in [1.807, 2.05) is 0 Å². The Bertz CT molecular complexity index is 931. The van der Waals surface area contributed by atoms with Gasteiger partial charge in [-0.3, -0.25) is 9.59 Å². The molecule has 10 heteroatoms. The van der Waals surface area contributed by atoms with Gasteiger partial charge < -0.3 is 10.6 Å². The average molecular weight is 416 g/mol. The molecular weight excluding hydrogens is 401 g/mol. The molecule has 0 fully saturated rings. The van der Waals surface area contributed by atoms with E-state index in [2.05, 4.69) is 10.6 Å². The molecule has 0 aliphatic rings. The van der Waals surface area contributed by atoms with Gasteiger partial charge in [0.1, 0.15) is 0 Å². The van der Waals surface area contributed by atoms with Crippen LogP contribution >= 0.6 is 23.2 Å². The Hall–Kier alpha value is -2.13. The Morgan fingerprint density at radius 1 is 1.00 bits per heavy atom. The number of nitrogens with two attached hydrogens (primary N) is 1. The Balaban J connectivity index is 1.86. The predicted molar refractivity (Wildman–Crippen MR) is 99.6 cm³/mol. The summed E-state index contributed by atoms with van der Waals surface area (Å²) in [6, 6.07) is 10.6. The summed E-state index contributed by atoms with van der Waals surface area (Å²) >= 11 is 11.8. The van der Waals surface area contributed by atoms with E-state index in [1.165, 1.54) is 18.2 Å². The molecule has 0 radical (unpaired) electrons. The van der Waals surface area contributed by atoms with Crippen LogP contribution in [-0.2, 0) is 26.0 Å². The molecule has 2 aromatic carbocycles. The van der Waals surface area contributed by atoms with Gasteiger partial charge in [0.05, 0.1) is 20.6 Å². The standard InChI is InChI=1S/C16H15Cl2N3O4S/c17-12-2-1-3-13(14(12)18)21-16(23)15(22)20-9-8-10-4-6-11(7-5-10)26(19,24)25/h1-7H,8-9H2,(H,20,22)(H,21,23)(H2,19,24,25). The highest BCUT2D eigenvalue weighted by Crippen LogP contribution is 2.29. The Labute approximate surface area is 160 Å². The number of rotatable bonds is 5.